The van der Waals surface area contributed by atoms with Gasteiger partial charge in [0, 0.05) is 18.5 Å². The van der Waals surface area contributed by atoms with Crippen molar-refractivity contribution in [3.8, 4) is 0 Å². The Labute approximate surface area is 146 Å². The van der Waals surface area contributed by atoms with Crippen LogP contribution >= 0.6 is 0 Å². The third-order valence-electron chi connectivity index (χ3n) is 5.73. The summed E-state index contributed by atoms with van der Waals surface area (Å²) in [6.45, 7) is 10.8. The Morgan fingerprint density at radius 1 is 1.17 bits per heavy atom. The minimum Gasteiger partial charge on any atom is -0.444 e. The Morgan fingerprint density at radius 2 is 1.83 bits per heavy atom. The molecule has 0 spiro atoms. The molecule has 1 amide bonds. The molecule has 1 saturated carbocycles. The maximum atomic E-state index is 12.5. The quantitative estimate of drug-likeness (QED) is 0.808. The third-order valence-corrected chi connectivity index (χ3v) is 5.73. The molecule has 2 unspecified atom stereocenters. The predicted molar refractivity (Wildman–Crippen MR) is 93.8 cm³/mol. The maximum absolute atomic E-state index is 12.5. The van der Waals surface area contributed by atoms with Crippen LogP contribution in [0.5, 0.6) is 0 Å². The topological polar surface area (TPSA) is 70.0 Å². The van der Waals surface area contributed by atoms with Gasteiger partial charge in [0.15, 0.2) is 0 Å². The number of carbonyl (C=O) groups excluding carboxylic acids is 1. The number of rotatable bonds is 2. The van der Waals surface area contributed by atoms with Crippen LogP contribution in [0.3, 0.4) is 0 Å². The number of aliphatic hydroxyl groups is 2. The van der Waals surface area contributed by atoms with Crippen molar-refractivity contribution in [3.05, 3.63) is 0 Å². The number of amides is 1. The van der Waals surface area contributed by atoms with Gasteiger partial charge in [-0.15, -0.1) is 0 Å². The second-order valence-corrected chi connectivity index (χ2v) is 9.67. The Kier molecular flexibility index (Phi) is 5.27. The van der Waals surface area contributed by atoms with Crippen LogP contribution in [-0.2, 0) is 4.74 Å². The lowest BCUT2D eigenvalue weighted by molar-refractivity contribution is -0.172. The minimum absolute atomic E-state index is 0.0589. The van der Waals surface area contributed by atoms with E-state index in [9.17, 15) is 15.0 Å². The van der Waals surface area contributed by atoms with Gasteiger partial charge < -0.3 is 19.8 Å². The molecule has 0 aromatic rings. The van der Waals surface area contributed by atoms with Crippen molar-refractivity contribution < 1.29 is 19.7 Å². The Hall–Kier alpha value is -0.810. The molecule has 2 rings (SSSR count). The van der Waals surface area contributed by atoms with Crippen LogP contribution < -0.4 is 0 Å². The highest BCUT2D eigenvalue weighted by molar-refractivity contribution is 5.68. The van der Waals surface area contributed by atoms with E-state index in [4.69, 9.17) is 4.74 Å². The number of piperidine rings is 1. The summed E-state index contributed by atoms with van der Waals surface area (Å²) in [6, 6.07) is 0. The van der Waals surface area contributed by atoms with E-state index in [0.29, 0.717) is 25.9 Å². The first-order valence-electron chi connectivity index (χ1n) is 9.23. The van der Waals surface area contributed by atoms with E-state index in [1.54, 1.807) is 4.90 Å². The molecule has 2 fully saturated rings. The summed E-state index contributed by atoms with van der Waals surface area (Å²) >= 11 is 0. The Balaban J connectivity index is 2.20. The molecule has 0 radical (unpaired) electrons. The zero-order valence-corrected chi connectivity index (χ0v) is 16.0. The highest BCUT2D eigenvalue weighted by Gasteiger charge is 2.55. The first kappa shape index (κ1) is 19.5. The van der Waals surface area contributed by atoms with Crippen molar-refractivity contribution in [2.45, 2.75) is 84.3 Å². The average molecular weight is 341 g/mol. The molecule has 140 valence electrons. The van der Waals surface area contributed by atoms with Gasteiger partial charge in [0.1, 0.15) is 5.60 Å². The van der Waals surface area contributed by atoms with Crippen LogP contribution in [-0.4, -0.2) is 52.1 Å². The molecule has 1 heterocycles. The van der Waals surface area contributed by atoms with Crippen molar-refractivity contribution in [2.24, 2.45) is 10.8 Å². The minimum atomic E-state index is -0.926. The third kappa shape index (κ3) is 4.05. The summed E-state index contributed by atoms with van der Waals surface area (Å²) < 4.78 is 5.50. The highest BCUT2D eigenvalue weighted by atomic mass is 16.6. The molecule has 1 saturated heterocycles. The molecule has 2 N–H and O–H groups in total. The van der Waals surface area contributed by atoms with E-state index in [2.05, 4.69) is 13.8 Å². The second kappa shape index (κ2) is 6.49. The fraction of sp³-hybridized carbons (Fsp3) is 0.947. The number of carbonyl (C=O) groups is 1. The number of hydrogen-bond donors (Lipinski definition) is 2. The van der Waals surface area contributed by atoms with Gasteiger partial charge in [-0.3, -0.25) is 0 Å². The molecule has 5 heteroatoms. The van der Waals surface area contributed by atoms with Crippen molar-refractivity contribution in [1.82, 2.24) is 4.90 Å². The molecule has 0 aromatic carbocycles. The fourth-order valence-corrected chi connectivity index (χ4v) is 4.55. The monoisotopic (exact) mass is 341 g/mol. The van der Waals surface area contributed by atoms with E-state index in [-0.39, 0.29) is 18.1 Å². The first-order chi connectivity index (χ1) is 10.9. The normalized spacial score (nSPS) is 34.0. The van der Waals surface area contributed by atoms with Crippen molar-refractivity contribution in [2.75, 3.05) is 19.7 Å². The van der Waals surface area contributed by atoms with Gasteiger partial charge in [-0.05, 0) is 58.3 Å². The van der Waals surface area contributed by atoms with Gasteiger partial charge in [0.2, 0.25) is 0 Å². The van der Waals surface area contributed by atoms with E-state index in [1.165, 1.54) is 0 Å². The van der Waals surface area contributed by atoms with Crippen LogP contribution in [0.1, 0.15) is 73.1 Å². The lowest BCUT2D eigenvalue weighted by Gasteiger charge is -2.55. The molecule has 0 aromatic heterocycles. The number of aliphatic hydroxyl groups excluding tert-OH is 1. The van der Waals surface area contributed by atoms with Gasteiger partial charge in [-0.2, -0.15) is 0 Å². The van der Waals surface area contributed by atoms with Crippen molar-refractivity contribution >= 4 is 6.09 Å². The lowest BCUT2D eigenvalue weighted by Crippen LogP contribution is -2.62. The number of ether oxygens (including phenoxy) is 1. The second-order valence-electron chi connectivity index (χ2n) is 9.67. The molecular weight excluding hydrogens is 306 g/mol. The highest BCUT2D eigenvalue weighted by Crippen LogP contribution is 2.52. The summed E-state index contributed by atoms with van der Waals surface area (Å²) in [6.07, 6.45) is 4.59. The number of likely N-dealkylation sites (tertiary alicyclic amines) is 1. The van der Waals surface area contributed by atoms with Crippen LogP contribution in [0.15, 0.2) is 0 Å². The smallest absolute Gasteiger partial charge is 0.410 e. The van der Waals surface area contributed by atoms with Crippen molar-refractivity contribution in [3.63, 3.8) is 0 Å². The molecule has 2 aliphatic rings. The molecule has 24 heavy (non-hydrogen) atoms. The van der Waals surface area contributed by atoms with Gasteiger partial charge in [0.05, 0.1) is 12.2 Å². The fourth-order valence-electron chi connectivity index (χ4n) is 4.55. The zero-order chi connectivity index (χ0) is 18.2. The van der Waals surface area contributed by atoms with Gasteiger partial charge in [0.25, 0.3) is 0 Å². The molecular formula is C19H35NO4. The molecule has 1 aliphatic heterocycles. The number of hydrogen-bond acceptors (Lipinski definition) is 4. The molecule has 0 bridgehead atoms. The van der Waals surface area contributed by atoms with Crippen molar-refractivity contribution in [1.29, 1.82) is 0 Å². The van der Waals surface area contributed by atoms with Gasteiger partial charge >= 0.3 is 6.09 Å². The van der Waals surface area contributed by atoms with E-state index in [1.807, 2.05) is 20.8 Å². The Bertz CT molecular complexity index is 470. The molecule has 1 aliphatic carbocycles. The number of nitrogens with zero attached hydrogens (tertiary/aromatic N) is 1. The maximum Gasteiger partial charge on any atom is 0.410 e. The summed E-state index contributed by atoms with van der Waals surface area (Å²) in [5.74, 6) is 0. The summed E-state index contributed by atoms with van der Waals surface area (Å²) in [5, 5.41) is 21.7. The zero-order valence-electron chi connectivity index (χ0n) is 16.0. The largest absolute Gasteiger partial charge is 0.444 e. The van der Waals surface area contributed by atoms with Crippen LogP contribution in [0.25, 0.3) is 0 Å². The Morgan fingerprint density at radius 3 is 2.38 bits per heavy atom. The van der Waals surface area contributed by atoms with Gasteiger partial charge in [-0.25, -0.2) is 4.79 Å². The summed E-state index contributed by atoms with van der Waals surface area (Å²) in [4.78, 5) is 14.1. The molecule has 5 nitrogen and oxygen atoms in total. The molecule has 2 atom stereocenters. The average Bonchev–Trinajstić information content (AvgIpc) is 2.44. The van der Waals surface area contributed by atoms with Gasteiger partial charge in [-0.1, -0.05) is 20.3 Å². The lowest BCUT2D eigenvalue weighted by atomic mass is 9.57. The van der Waals surface area contributed by atoms with Crippen LogP contribution in [0.2, 0.25) is 0 Å². The summed E-state index contributed by atoms with van der Waals surface area (Å²) in [7, 11) is 0. The van der Waals surface area contributed by atoms with Crippen LogP contribution in [0.4, 0.5) is 4.79 Å². The standard InChI is InChI=1S/C19H35NO4/c1-16(2,3)24-15(22)20-11-7-9-18(13-20,14-21)19(23)10-6-8-17(4,5)12-19/h21,23H,6-14H2,1-5H3. The predicted octanol–water partition coefficient (Wildman–Crippen LogP) is 3.33. The van der Waals surface area contributed by atoms with E-state index in [0.717, 1.165) is 25.7 Å². The van der Waals surface area contributed by atoms with Crippen LogP contribution in [0, 0.1) is 10.8 Å². The SMILES string of the molecule is CC1(C)CCCC(O)(C2(CO)CCCN(C(=O)OC(C)(C)C)C2)C1. The summed E-state index contributed by atoms with van der Waals surface area (Å²) in [5.41, 5.74) is -2.06. The van der Waals surface area contributed by atoms with E-state index >= 15 is 0 Å². The van der Waals surface area contributed by atoms with E-state index < -0.39 is 16.6 Å². The first-order valence-corrected chi connectivity index (χ1v) is 9.23.